The van der Waals surface area contributed by atoms with Gasteiger partial charge in [-0.2, -0.15) is 0 Å². The Bertz CT molecular complexity index is 660. The number of hydrogen-bond acceptors (Lipinski definition) is 5. The van der Waals surface area contributed by atoms with E-state index >= 15 is 0 Å². The molecule has 3 N–H and O–H groups in total. The van der Waals surface area contributed by atoms with Gasteiger partial charge in [0, 0.05) is 12.7 Å². The smallest absolute Gasteiger partial charge is 0.247 e. The third kappa shape index (κ3) is 17.6. The van der Waals surface area contributed by atoms with Crippen molar-refractivity contribution in [1.82, 2.24) is 10.2 Å². The van der Waals surface area contributed by atoms with Gasteiger partial charge in [0.05, 0.1) is 20.0 Å². The third-order valence-electron chi connectivity index (χ3n) is 4.28. The van der Waals surface area contributed by atoms with E-state index in [-0.39, 0.29) is 5.91 Å². The van der Waals surface area contributed by atoms with Crippen molar-refractivity contribution in [2.24, 2.45) is 0 Å². The van der Waals surface area contributed by atoms with E-state index in [1.807, 2.05) is 52.4 Å². The number of ether oxygens (including phenoxy) is 1. The van der Waals surface area contributed by atoms with Crippen LogP contribution in [0.3, 0.4) is 0 Å². The van der Waals surface area contributed by atoms with Crippen LogP contribution < -0.4 is 20.7 Å². The Balaban J connectivity index is -0.000000763. The quantitative estimate of drug-likeness (QED) is 0.305. The molecule has 190 valence electrons. The highest BCUT2D eigenvalue weighted by molar-refractivity contribution is 6.00. The maximum atomic E-state index is 11.7. The maximum absolute atomic E-state index is 11.7. The number of rotatable bonds is 11. The highest BCUT2D eigenvalue weighted by Crippen LogP contribution is 2.32. The van der Waals surface area contributed by atoms with E-state index in [9.17, 15) is 9.18 Å². The largest absolute Gasteiger partial charge is 0.495 e. The molecule has 0 atom stereocenters. The highest BCUT2D eigenvalue weighted by atomic mass is 19.1. The first kappa shape index (κ1) is 35.0. The molecule has 0 aliphatic carbocycles. The van der Waals surface area contributed by atoms with E-state index in [0.717, 1.165) is 55.2 Å². The minimum atomic E-state index is -0.206. The van der Waals surface area contributed by atoms with Crippen LogP contribution >= 0.6 is 0 Å². The number of allylic oxidation sites excluding steroid dienone is 3. The second-order valence-electron chi connectivity index (χ2n) is 6.54. The predicted molar refractivity (Wildman–Crippen MR) is 145 cm³/mol. The lowest BCUT2D eigenvalue weighted by atomic mass is 10.0. The number of carbonyl (C=O) groups is 1. The number of alkyl halides is 1. The van der Waals surface area contributed by atoms with Gasteiger partial charge in [-0.05, 0) is 77.3 Å². The van der Waals surface area contributed by atoms with Crippen LogP contribution in [0.5, 0.6) is 5.75 Å². The van der Waals surface area contributed by atoms with Gasteiger partial charge in [-0.3, -0.25) is 9.18 Å². The van der Waals surface area contributed by atoms with Crippen LogP contribution in [0.1, 0.15) is 32.8 Å². The molecule has 0 aromatic heterocycles. The number of aryl methyl sites for hydroxylation is 1. The molecule has 0 spiro atoms. The molecule has 0 saturated heterocycles. The molecule has 0 bridgehead atoms. The van der Waals surface area contributed by atoms with Gasteiger partial charge in [0.1, 0.15) is 5.75 Å². The third-order valence-corrected chi connectivity index (χ3v) is 4.28. The lowest BCUT2D eigenvalue weighted by molar-refractivity contribution is -0.111. The zero-order valence-corrected chi connectivity index (χ0v) is 22.1. The fourth-order valence-electron chi connectivity index (χ4n) is 2.66. The number of benzene rings is 1. The summed E-state index contributed by atoms with van der Waals surface area (Å²) in [6, 6.07) is 3.90. The van der Waals surface area contributed by atoms with Crippen molar-refractivity contribution in [1.29, 1.82) is 0 Å². The van der Waals surface area contributed by atoms with E-state index in [1.165, 1.54) is 6.08 Å². The number of halogens is 1. The van der Waals surface area contributed by atoms with Gasteiger partial charge in [-0.25, -0.2) is 0 Å². The van der Waals surface area contributed by atoms with Crippen LogP contribution in [0.4, 0.5) is 15.8 Å². The van der Waals surface area contributed by atoms with Gasteiger partial charge < -0.3 is 25.6 Å². The number of nitrogens with zero attached hydrogens (tertiary/aromatic N) is 1. The lowest BCUT2D eigenvalue weighted by Crippen LogP contribution is -2.24. The van der Waals surface area contributed by atoms with E-state index in [2.05, 4.69) is 47.9 Å². The Morgan fingerprint density at radius 1 is 1.12 bits per heavy atom. The molecule has 0 fully saturated rings. The first-order valence-electron chi connectivity index (χ1n) is 11.2. The number of methoxy groups -OCH3 is 1. The molecule has 0 saturated carbocycles. The molecule has 1 rings (SSSR count). The van der Waals surface area contributed by atoms with Crippen LogP contribution in [-0.4, -0.2) is 65.9 Å². The van der Waals surface area contributed by atoms with Gasteiger partial charge in [-0.1, -0.05) is 45.2 Å². The monoisotopic (exact) mass is 466 g/mol. The van der Waals surface area contributed by atoms with Crippen LogP contribution in [0.2, 0.25) is 0 Å². The summed E-state index contributed by atoms with van der Waals surface area (Å²) >= 11 is 0. The summed E-state index contributed by atoms with van der Waals surface area (Å²) in [6.45, 7) is 16.4. The molecule has 1 aromatic rings. The molecule has 0 aliphatic rings. The molecule has 6 nitrogen and oxygen atoms in total. The summed E-state index contributed by atoms with van der Waals surface area (Å²) in [6.07, 6.45) is 8.76. The number of nitrogens with one attached hydrogen (secondary N) is 3. The summed E-state index contributed by atoms with van der Waals surface area (Å²) < 4.78 is 14.9. The molecule has 33 heavy (non-hydrogen) atoms. The molecule has 1 aromatic carbocycles. The van der Waals surface area contributed by atoms with Crippen molar-refractivity contribution in [2.45, 2.75) is 33.6 Å². The molecule has 0 heterocycles. The first-order chi connectivity index (χ1) is 15.9. The van der Waals surface area contributed by atoms with Crippen molar-refractivity contribution in [3.05, 3.63) is 55.2 Å². The second-order valence-corrected chi connectivity index (χ2v) is 6.54. The molecule has 0 unspecified atom stereocenters. The van der Waals surface area contributed by atoms with Crippen LogP contribution in [0.25, 0.3) is 0 Å². The molecule has 0 radical (unpaired) electrons. The molecule has 0 aliphatic heterocycles. The van der Waals surface area contributed by atoms with Crippen molar-refractivity contribution >= 4 is 17.3 Å². The number of anilines is 2. The fourth-order valence-corrected chi connectivity index (χ4v) is 2.66. The highest BCUT2D eigenvalue weighted by Gasteiger charge is 2.12. The Morgan fingerprint density at radius 3 is 2.06 bits per heavy atom. The van der Waals surface area contributed by atoms with E-state index < -0.39 is 0 Å². The van der Waals surface area contributed by atoms with Gasteiger partial charge in [0.25, 0.3) is 0 Å². The summed E-state index contributed by atoms with van der Waals surface area (Å²) in [4.78, 5) is 14.1. The average molecular weight is 467 g/mol. The fraction of sp³-hybridized carbons (Fsp3) is 0.500. The van der Waals surface area contributed by atoms with Crippen LogP contribution in [0.15, 0.2) is 49.6 Å². The van der Waals surface area contributed by atoms with Crippen molar-refractivity contribution in [2.75, 3.05) is 65.7 Å². The topological polar surface area (TPSA) is 65.6 Å². The Labute approximate surface area is 202 Å². The summed E-state index contributed by atoms with van der Waals surface area (Å²) in [5, 5.41) is 8.72. The van der Waals surface area contributed by atoms with Crippen LogP contribution in [0, 0.1) is 0 Å². The summed E-state index contributed by atoms with van der Waals surface area (Å²) in [5.74, 6) is 0.573. The minimum absolute atomic E-state index is 0.206. The van der Waals surface area contributed by atoms with E-state index in [0.29, 0.717) is 7.18 Å². The SMILES string of the molecule is C=C/C=C/C.C=CC(=O)Nc1cc(NC)c(OC)cc1CCCN(CC)CC.CF.CNC. The normalized spacial score (nSPS) is 9.39. The molecule has 7 heteroatoms. The van der Waals surface area contributed by atoms with E-state index in [1.54, 1.807) is 13.2 Å². The summed E-state index contributed by atoms with van der Waals surface area (Å²) in [7, 11) is 7.73. The Kier molecular flexibility index (Phi) is 27.1. The average Bonchev–Trinajstić information content (AvgIpc) is 2.84. The standard InChI is InChI=1S/C18H29N3O2.C5H8.C2H7N.CH3F/c1-6-18(22)20-15-13-16(19-4)17(23-5)12-14(15)10-9-11-21(7-2)8-3;1-3-5-4-2;1-3-2;1-2/h6,12-13,19H,1,7-11H2,2-5H3,(H,20,22);3-5H,1H2,2H3;3H,1-2H3;1H3/b;5-4+;;. The second kappa shape index (κ2) is 25.6. The van der Waals surface area contributed by atoms with Gasteiger partial charge >= 0.3 is 0 Å². The minimum Gasteiger partial charge on any atom is -0.495 e. The Morgan fingerprint density at radius 2 is 1.70 bits per heavy atom. The summed E-state index contributed by atoms with van der Waals surface area (Å²) in [5.41, 5.74) is 2.72. The Hall–Kier alpha value is -2.64. The van der Waals surface area contributed by atoms with Crippen molar-refractivity contribution in [3.8, 4) is 5.75 Å². The predicted octanol–water partition coefficient (Wildman–Crippen LogP) is 5.31. The number of amides is 1. The van der Waals surface area contributed by atoms with Crippen molar-refractivity contribution in [3.63, 3.8) is 0 Å². The number of carbonyl (C=O) groups excluding carboxylic acids is 1. The van der Waals surface area contributed by atoms with Crippen molar-refractivity contribution < 1.29 is 13.9 Å². The maximum Gasteiger partial charge on any atom is 0.247 e. The van der Waals surface area contributed by atoms with Gasteiger partial charge in [0.2, 0.25) is 5.91 Å². The first-order valence-corrected chi connectivity index (χ1v) is 11.2. The number of hydrogen-bond donors (Lipinski definition) is 3. The zero-order valence-electron chi connectivity index (χ0n) is 22.1. The van der Waals surface area contributed by atoms with Gasteiger partial charge in [0.15, 0.2) is 0 Å². The van der Waals surface area contributed by atoms with Crippen LogP contribution in [-0.2, 0) is 11.2 Å². The van der Waals surface area contributed by atoms with Gasteiger partial charge in [-0.15, -0.1) is 0 Å². The molecular weight excluding hydrogens is 419 g/mol. The molecular formula is C26H47FN4O2. The zero-order chi connectivity index (χ0) is 26.1. The van der Waals surface area contributed by atoms with E-state index in [4.69, 9.17) is 4.74 Å². The lowest BCUT2D eigenvalue weighted by Gasteiger charge is -2.19. The molecule has 1 amide bonds.